The third-order valence-electron chi connectivity index (χ3n) is 3.81. The van der Waals surface area contributed by atoms with Crippen molar-refractivity contribution < 1.29 is 0 Å². The molecule has 0 heterocycles. The SMILES string of the molecule is CCCCC/C=C\C/C=C/CCCCCCCCN(C)C. The van der Waals surface area contributed by atoms with Crippen LogP contribution in [-0.4, -0.2) is 25.5 Å². The van der Waals surface area contributed by atoms with E-state index in [4.69, 9.17) is 0 Å². The maximum absolute atomic E-state index is 2.36. The van der Waals surface area contributed by atoms with E-state index in [9.17, 15) is 0 Å². The lowest BCUT2D eigenvalue weighted by atomic mass is 10.1. The highest BCUT2D eigenvalue weighted by atomic mass is 15.0. The number of nitrogens with zero attached hydrogens (tertiary/aromatic N) is 1. The van der Waals surface area contributed by atoms with Crippen LogP contribution in [0, 0.1) is 0 Å². The van der Waals surface area contributed by atoms with Crippen molar-refractivity contribution >= 4 is 0 Å². The van der Waals surface area contributed by atoms with Crippen LogP contribution in [0.3, 0.4) is 0 Å². The van der Waals surface area contributed by atoms with Gasteiger partial charge in [0.2, 0.25) is 0 Å². The second-order valence-corrected chi connectivity index (χ2v) is 6.39. The Balaban J connectivity index is 3.15. The van der Waals surface area contributed by atoms with E-state index in [1.165, 1.54) is 77.2 Å². The zero-order valence-corrected chi connectivity index (χ0v) is 14.9. The Bertz CT molecular complexity index is 240. The number of hydrogen-bond donors (Lipinski definition) is 0. The third-order valence-corrected chi connectivity index (χ3v) is 3.81. The van der Waals surface area contributed by atoms with Crippen LogP contribution in [0.15, 0.2) is 24.3 Å². The topological polar surface area (TPSA) is 3.24 Å². The summed E-state index contributed by atoms with van der Waals surface area (Å²) < 4.78 is 0. The molecule has 0 saturated carbocycles. The van der Waals surface area contributed by atoms with Crippen LogP contribution in [0.2, 0.25) is 0 Å². The molecular formula is C20H39N. The van der Waals surface area contributed by atoms with Gasteiger partial charge < -0.3 is 4.90 Å². The first-order valence-corrected chi connectivity index (χ1v) is 9.22. The van der Waals surface area contributed by atoms with Crippen molar-refractivity contribution in [1.82, 2.24) is 4.90 Å². The fourth-order valence-electron chi connectivity index (χ4n) is 2.42. The van der Waals surface area contributed by atoms with Gasteiger partial charge in [-0.25, -0.2) is 0 Å². The molecule has 0 aliphatic rings. The van der Waals surface area contributed by atoms with Crippen LogP contribution in [0.25, 0.3) is 0 Å². The quantitative estimate of drug-likeness (QED) is 0.251. The monoisotopic (exact) mass is 293 g/mol. The second kappa shape index (κ2) is 17.5. The Morgan fingerprint density at radius 2 is 1.14 bits per heavy atom. The van der Waals surface area contributed by atoms with Crippen molar-refractivity contribution in [3.63, 3.8) is 0 Å². The van der Waals surface area contributed by atoms with Gasteiger partial charge in [0.15, 0.2) is 0 Å². The molecule has 0 saturated heterocycles. The first kappa shape index (κ1) is 20.4. The molecule has 124 valence electrons. The highest BCUT2D eigenvalue weighted by Crippen LogP contribution is 2.08. The van der Waals surface area contributed by atoms with Gasteiger partial charge in [0.25, 0.3) is 0 Å². The van der Waals surface area contributed by atoms with E-state index in [1.807, 2.05) is 0 Å². The minimum absolute atomic E-state index is 1.12. The summed E-state index contributed by atoms with van der Waals surface area (Å²) in [5, 5.41) is 0. The molecule has 1 heteroatoms. The van der Waals surface area contributed by atoms with Crippen LogP contribution in [-0.2, 0) is 0 Å². The largest absolute Gasteiger partial charge is 0.309 e. The van der Waals surface area contributed by atoms with Crippen molar-refractivity contribution in [3.05, 3.63) is 24.3 Å². The molecule has 0 bridgehead atoms. The lowest BCUT2D eigenvalue weighted by molar-refractivity contribution is 0.389. The first-order valence-electron chi connectivity index (χ1n) is 9.22. The van der Waals surface area contributed by atoms with Gasteiger partial charge in [0, 0.05) is 0 Å². The van der Waals surface area contributed by atoms with Crippen LogP contribution < -0.4 is 0 Å². The highest BCUT2D eigenvalue weighted by molar-refractivity contribution is 4.92. The maximum atomic E-state index is 2.36. The predicted octanol–water partition coefficient (Wildman–Crippen LogP) is 6.36. The van der Waals surface area contributed by atoms with Gasteiger partial charge in [-0.1, -0.05) is 69.8 Å². The van der Waals surface area contributed by atoms with Crippen LogP contribution in [0.4, 0.5) is 0 Å². The molecule has 0 N–H and O–H groups in total. The molecule has 0 aromatic rings. The predicted molar refractivity (Wildman–Crippen MR) is 97.9 cm³/mol. The van der Waals surface area contributed by atoms with Crippen LogP contribution in [0.1, 0.15) is 84.0 Å². The Morgan fingerprint density at radius 3 is 1.71 bits per heavy atom. The summed E-state index contributed by atoms with van der Waals surface area (Å²) in [4.78, 5) is 2.28. The summed E-state index contributed by atoms with van der Waals surface area (Å²) in [6, 6.07) is 0. The molecule has 0 aliphatic carbocycles. The fraction of sp³-hybridized carbons (Fsp3) is 0.800. The zero-order valence-electron chi connectivity index (χ0n) is 14.9. The van der Waals surface area contributed by atoms with Crippen molar-refractivity contribution in [2.24, 2.45) is 0 Å². The lowest BCUT2D eigenvalue weighted by Gasteiger charge is -2.08. The molecule has 0 atom stereocenters. The van der Waals surface area contributed by atoms with Gasteiger partial charge in [-0.2, -0.15) is 0 Å². The molecule has 0 aliphatic heterocycles. The summed E-state index contributed by atoms with van der Waals surface area (Å²) in [6.45, 7) is 3.50. The molecule has 0 radical (unpaired) electrons. The molecule has 0 fully saturated rings. The summed E-state index contributed by atoms with van der Waals surface area (Å²) >= 11 is 0. The Hall–Kier alpha value is -0.560. The third kappa shape index (κ3) is 19.4. The fourth-order valence-corrected chi connectivity index (χ4v) is 2.42. The van der Waals surface area contributed by atoms with Gasteiger partial charge in [-0.15, -0.1) is 0 Å². The molecule has 0 aromatic carbocycles. The summed E-state index contributed by atoms with van der Waals surface area (Å²) in [6.07, 6.45) is 25.4. The Morgan fingerprint density at radius 1 is 0.619 bits per heavy atom. The normalized spacial score (nSPS) is 12.2. The van der Waals surface area contributed by atoms with E-state index in [-0.39, 0.29) is 0 Å². The lowest BCUT2D eigenvalue weighted by Crippen LogP contribution is -2.12. The van der Waals surface area contributed by atoms with Crippen LogP contribution >= 0.6 is 0 Å². The molecule has 21 heavy (non-hydrogen) atoms. The van der Waals surface area contributed by atoms with E-state index in [0.717, 1.165) is 6.42 Å². The molecule has 0 amide bonds. The minimum Gasteiger partial charge on any atom is -0.309 e. The maximum Gasteiger partial charge on any atom is -0.00248 e. The number of unbranched alkanes of at least 4 members (excludes halogenated alkanes) is 9. The summed E-state index contributed by atoms with van der Waals surface area (Å²) in [7, 11) is 4.32. The van der Waals surface area contributed by atoms with Crippen molar-refractivity contribution in [3.8, 4) is 0 Å². The van der Waals surface area contributed by atoms with E-state index >= 15 is 0 Å². The average Bonchev–Trinajstić information content (AvgIpc) is 2.46. The second-order valence-electron chi connectivity index (χ2n) is 6.39. The Kier molecular flexibility index (Phi) is 17.0. The van der Waals surface area contributed by atoms with Gasteiger partial charge in [-0.3, -0.25) is 0 Å². The summed E-state index contributed by atoms with van der Waals surface area (Å²) in [5.74, 6) is 0. The molecule has 0 spiro atoms. The number of rotatable bonds is 15. The van der Waals surface area contributed by atoms with E-state index in [0.29, 0.717) is 0 Å². The number of hydrogen-bond acceptors (Lipinski definition) is 1. The standard InChI is InChI=1S/C20H39N/c1-4-5-6-7-8-9-10-11-12-13-14-15-16-17-18-19-20-21(2)3/h8-9,11-12H,4-7,10,13-20H2,1-3H3/b9-8-,12-11+. The van der Waals surface area contributed by atoms with Gasteiger partial charge >= 0.3 is 0 Å². The van der Waals surface area contributed by atoms with E-state index < -0.39 is 0 Å². The first-order chi connectivity index (χ1) is 10.3. The molecule has 0 rings (SSSR count). The molecular weight excluding hydrogens is 254 g/mol. The van der Waals surface area contributed by atoms with Crippen LogP contribution in [0.5, 0.6) is 0 Å². The van der Waals surface area contributed by atoms with Crippen molar-refractivity contribution in [2.45, 2.75) is 84.0 Å². The van der Waals surface area contributed by atoms with E-state index in [2.05, 4.69) is 50.2 Å². The zero-order chi connectivity index (χ0) is 15.6. The van der Waals surface area contributed by atoms with Gasteiger partial charge in [-0.05, 0) is 59.2 Å². The van der Waals surface area contributed by atoms with Gasteiger partial charge in [0.05, 0.1) is 0 Å². The smallest absolute Gasteiger partial charge is 0.00248 e. The minimum atomic E-state index is 1.12. The average molecular weight is 294 g/mol. The molecule has 1 nitrogen and oxygen atoms in total. The highest BCUT2D eigenvalue weighted by Gasteiger charge is 1.92. The van der Waals surface area contributed by atoms with Gasteiger partial charge in [0.1, 0.15) is 0 Å². The van der Waals surface area contributed by atoms with Crippen molar-refractivity contribution in [1.29, 1.82) is 0 Å². The van der Waals surface area contributed by atoms with E-state index in [1.54, 1.807) is 0 Å². The number of allylic oxidation sites excluding steroid dienone is 4. The Labute approximate surface area is 134 Å². The summed E-state index contributed by atoms with van der Waals surface area (Å²) in [5.41, 5.74) is 0. The molecule has 0 unspecified atom stereocenters. The molecule has 0 aromatic heterocycles. The van der Waals surface area contributed by atoms with Crippen molar-refractivity contribution in [2.75, 3.05) is 20.6 Å².